The molecule has 0 spiro atoms. The lowest BCUT2D eigenvalue weighted by molar-refractivity contribution is 0.607. The average molecular weight is 174 g/mol. The Morgan fingerprint density at radius 1 is 1.31 bits per heavy atom. The molecule has 66 valence electrons. The number of hydrogen-bond donors (Lipinski definition) is 0. The van der Waals surface area contributed by atoms with Crippen LogP contribution in [0.2, 0.25) is 0 Å². The summed E-state index contributed by atoms with van der Waals surface area (Å²) in [6, 6.07) is 5.92. The fourth-order valence-electron chi connectivity index (χ4n) is 1.12. The molecule has 4 heteroatoms. The van der Waals surface area contributed by atoms with Crippen LogP contribution in [0.3, 0.4) is 0 Å². The monoisotopic (exact) mass is 174 g/mol. The van der Waals surface area contributed by atoms with E-state index in [1.807, 2.05) is 18.2 Å². The molecule has 0 saturated heterocycles. The Balaban J connectivity index is 1.94. The molecule has 0 saturated carbocycles. The molecule has 2 aromatic heterocycles. The molecule has 0 N–H and O–H groups in total. The topological polar surface area (TPSA) is 43.6 Å². The largest absolute Gasteiger partial charge is 0.261 e. The first-order valence-electron chi connectivity index (χ1n) is 4.17. The maximum atomic E-state index is 4.22. The van der Waals surface area contributed by atoms with Gasteiger partial charge in [-0.05, 0) is 12.1 Å². The van der Waals surface area contributed by atoms with Crippen LogP contribution in [-0.2, 0) is 13.0 Å². The predicted molar refractivity (Wildman–Crippen MR) is 48.0 cm³/mol. The number of pyridine rings is 1. The van der Waals surface area contributed by atoms with Gasteiger partial charge in [0.1, 0.15) is 12.7 Å². The normalized spacial score (nSPS) is 10.2. The van der Waals surface area contributed by atoms with Gasteiger partial charge in [0.25, 0.3) is 0 Å². The number of hydrogen-bond acceptors (Lipinski definition) is 3. The minimum atomic E-state index is 0.830. The van der Waals surface area contributed by atoms with Gasteiger partial charge in [-0.3, -0.25) is 9.67 Å². The molecule has 0 atom stereocenters. The van der Waals surface area contributed by atoms with Gasteiger partial charge in [0.2, 0.25) is 0 Å². The van der Waals surface area contributed by atoms with Crippen molar-refractivity contribution in [2.45, 2.75) is 13.0 Å². The van der Waals surface area contributed by atoms with Crippen LogP contribution in [-0.4, -0.2) is 19.7 Å². The van der Waals surface area contributed by atoms with Gasteiger partial charge < -0.3 is 0 Å². The molecule has 2 aromatic rings. The summed E-state index contributed by atoms with van der Waals surface area (Å²) >= 11 is 0. The van der Waals surface area contributed by atoms with Crippen molar-refractivity contribution in [1.82, 2.24) is 19.7 Å². The molecule has 2 heterocycles. The summed E-state index contributed by atoms with van der Waals surface area (Å²) in [6.45, 7) is 0.830. The Morgan fingerprint density at radius 3 is 3.00 bits per heavy atom. The predicted octanol–water partition coefficient (Wildman–Crippen LogP) is 0.916. The molecule has 0 amide bonds. The summed E-state index contributed by atoms with van der Waals surface area (Å²) in [7, 11) is 0. The number of rotatable bonds is 3. The van der Waals surface area contributed by atoms with Crippen molar-refractivity contribution in [3.8, 4) is 0 Å². The van der Waals surface area contributed by atoms with Crippen LogP contribution >= 0.6 is 0 Å². The van der Waals surface area contributed by atoms with E-state index in [2.05, 4.69) is 15.1 Å². The van der Waals surface area contributed by atoms with Crippen LogP contribution in [0.25, 0.3) is 0 Å². The van der Waals surface area contributed by atoms with Crippen molar-refractivity contribution in [2.75, 3.05) is 0 Å². The summed E-state index contributed by atoms with van der Waals surface area (Å²) in [5.74, 6) is 0. The van der Waals surface area contributed by atoms with Gasteiger partial charge in [-0.25, -0.2) is 4.98 Å². The zero-order valence-electron chi connectivity index (χ0n) is 7.17. The maximum absolute atomic E-state index is 4.22. The molecule has 0 aliphatic rings. The minimum Gasteiger partial charge on any atom is -0.261 e. The van der Waals surface area contributed by atoms with Gasteiger partial charge >= 0.3 is 0 Å². The van der Waals surface area contributed by atoms with Gasteiger partial charge in [0, 0.05) is 24.9 Å². The lowest BCUT2D eigenvalue weighted by Crippen LogP contribution is -2.02. The van der Waals surface area contributed by atoms with Gasteiger partial charge in [0.15, 0.2) is 0 Å². The first kappa shape index (κ1) is 7.91. The van der Waals surface area contributed by atoms with Crippen molar-refractivity contribution in [2.24, 2.45) is 0 Å². The van der Waals surface area contributed by atoms with Crippen LogP contribution in [0.4, 0.5) is 0 Å². The fraction of sp³-hybridized carbons (Fsp3) is 0.222. The average Bonchev–Trinajstić information content (AvgIpc) is 2.69. The van der Waals surface area contributed by atoms with Crippen molar-refractivity contribution >= 4 is 0 Å². The van der Waals surface area contributed by atoms with Crippen molar-refractivity contribution in [3.63, 3.8) is 0 Å². The Labute approximate surface area is 76.3 Å². The molecular formula is C9H10N4. The van der Waals surface area contributed by atoms with Crippen LogP contribution in [0.1, 0.15) is 5.69 Å². The SMILES string of the molecule is c1ccc(CCn2cncn2)nc1. The molecule has 0 aromatic carbocycles. The third-order valence-electron chi connectivity index (χ3n) is 1.79. The van der Waals surface area contributed by atoms with E-state index in [0.29, 0.717) is 0 Å². The van der Waals surface area contributed by atoms with Crippen molar-refractivity contribution in [1.29, 1.82) is 0 Å². The first-order valence-corrected chi connectivity index (χ1v) is 4.17. The maximum Gasteiger partial charge on any atom is 0.137 e. The second-order valence-electron chi connectivity index (χ2n) is 2.73. The molecule has 13 heavy (non-hydrogen) atoms. The first-order chi connectivity index (χ1) is 6.45. The number of aryl methyl sites for hydroxylation is 2. The van der Waals surface area contributed by atoms with Crippen LogP contribution in [0.15, 0.2) is 37.1 Å². The zero-order chi connectivity index (χ0) is 8.93. The number of nitrogens with zero attached hydrogens (tertiary/aromatic N) is 4. The molecule has 0 fully saturated rings. The van der Waals surface area contributed by atoms with Crippen LogP contribution in [0, 0.1) is 0 Å². The van der Waals surface area contributed by atoms with E-state index in [1.54, 1.807) is 23.5 Å². The second kappa shape index (κ2) is 3.80. The van der Waals surface area contributed by atoms with E-state index in [-0.39, 0.29) is 0 Å². The smallest absolute Gasteiger partial charge is 0.137 e. The van der Waals surface area contributed by atoms with Gasteiger partial charge in [0.05, 0.1) is 0 Å². The zero-order valence-corrected chi connectivity index (χ0v) is 7.17. The Hall–Kier alpha value is -1.71. The third-order valence-corrected chi connectivity index (χ3v) is 1.79. The summed E-state index contributed by atoms with van der Waals surface area (Å²) in [5.41, 5.74) is 1.08. The third kappa shape index (κ3) is 2.11. The Morgan fingerprint density at radius 2 is 2.31 bits per heavy atom. The molecule has 4 nitrogen and oxygen atoms in total. The summed E-state index contributed by atoms with van der Waals surface area (Å²) in [4.78, 5) is 8.08. The van der Waals surface area contributed by atoms with Crippen LogP contribution in [0.5, 0.6) is 0 Å². The van der Waals surface area contributed by atoms with E-state index in [4.69, 9.17) is 0 Å². The fourth-order valence-corrected chi connectivity index (χ4v) is 1.12. The molecule has 0 radical (unpaired) electrons. The van der Waals surface area contributed by atoms with Gasteiger partial charge in [-0.2, -0.15) is 5.10 Å². The van der Waals surface area contributed by atoms with Crippen molar-refractivity contribution in [3.05, 3.63) is 42.7 Å². The minimum absolute atomic E-state index is 0.830. The highest BCUT2D eigenvalue weighted by Gasteiger charge is 1.94. The van der Waals surface area contributed by atoms with Crippen molar-refractivity contribution < 1.29 is 0 Å². The molecule has 0 aliphatic heterocycles. The van der Waals surface area contributed by atoms with E-state index < -0.39 is 0 Å². The molecule has 2 rings (SSSR count). The van der Waals surface area contributed by atoms with Gasteiger partial charge in [-0.1, -0.05) is 6.07 Å². The van der Waals surface area contributed by atoms with E-state index in [0.717, 1.165) is 18.7 Å². The lowest BCUT2D eigenvalue weighted by atomic mass is 10.3. The summed E-state index contributed by atoms with van der Waals surface area (Å²) < 4.78 is 1.80. The Kier molecular flexibility index (Phi) is 2.31. The van der Waals surface area contributed by atoms with E-state index in [9.17, 15) is 0 Å². The highest BCUT2D eigenvalue weighted by Crippen LogP contribution is 1.96. The molecule has 0 unspecified atom stereocenters. The quantitative estimate of drug-likeness (QED) is 0.694. The standard InChI is InChI=1S/C9H10N4/c1-2-5-11-9(3-1)4-6-13-8-10-7-12-13/h1-3,5,7-8H,4,6H2. The Bertz CT molecular complexity index is 341. The highest BCUT2D eigenvalue weighted by atomic mass is 15.3. The summed E-state index contributed by atoms with van der Waals surface area (Å²) in [5, 5.41) is 4.01. The summed E-state index contributed by atoms with van der Waals surface area (Å²) in [6.07, 6.45) is 5.95. The lowest BCUT2D eigenvalue weighted by Gasteiger charge is -1.99. The molecular weight excluding hydrogens is 164 g/mol. The number of aromatic nitrogens is 4. The van der Waals surface area contributed by atoms with Gasteiger partial charge in [-0.15, -0.1) is 0 Å². The second-order valence-corrected chi connectivity index (χ2v) is 2.73. The highest BCUT2D eigenvalue weighted by molar-refractivity contribution is 5.03. The molecule has 0 bridgehead atoms. The molecule has 0 aliphatic carbocycles. The van der Waals surface area contributed by atoms with Crippen LogP contribution < -0.4 is 0 Å². The van der Waals surface area contributed by atoms with E-state index >= 15 is 0 Å². The van der Waals surface area contributed by atoms with E-state index in [1.165, 1.54) is 0 Å².